The molecule has 0 unspecified atom stereocenters. The highest BCUT2D eigenvalue weighted by atomic mass is 35.5. The monoisotopic (exact) mass is 299 g/mol. The number of non-ortho nitro benzene ring substituents is 1. The lowest BCUT2D eigenvalue weighted by molar-refractivity contribution is -0.384. The molecule has 0 heterocycles. The third-order valence-corrected chi connectivity index (χ3v) is 2.55. The first-order chi connectivity index (χ1) is 8.95. The molecule has 1 aromatic carbocycles. The van der Waals surface area contributed by atoms with Gasteiger partial charge in [-0.2, -0.15) is 0 Å². The molecule has 20 heavy (non-hydrogen) atoms. The molecule has 0 saturated heterocycles. The van der Waals surface area contributed by atoms with E-state index in [1.54, 1.807) is 25.1 Å². The molecule has 0 aliphatic carbocycles. The maximum absolute atomic E-state index is 11.9. The minimum absolute atomic E-state index is 0. The van der Waals surface area contributed by atoms with Crippen molar-refractivity contribution in [3.8, 4) is 0 Å². The molecule has 1 amide bonds. The van der Waals surface area contributed by atoms with Crippen LogP contribution in [0, 0.1) is 10.1 Å². The van der Waals surface area contributed by atoms with E-state index in [-0.39, 0.29) is 30.5 Å². The second-order valence-electron chi connectivity index (χ2n) is 4.22. The van der Waals surface area contributed by atoms with Crippen molar-refractivity contribution in [1.82, 2.24) is 4.90 Å². The van der Waals surface area contributed by atoms with Crippen LogP contribution in [0.4, 0.5) is 5.69 Å². The van der Waals surface area contributed by atoms with Crippen molar-refractivity contribution in [3.63, 3.8) is 0 Å². The van der Waals surface area contributed by atoms with Gasteiger partial charge in [0.25, 0.3) is 5.69 Å². The van der Waals surface area contributed by atoms with Crippen LogP contribution >= 0.6 is 12.4 Å². The van der Waals surface area contributed by atoms with Crippen LogP contribution in [0.25, 0.3) is 0 Å². The average Bonchev–Trinajstić information content (AvgIpc) is 2.37. The predicted molar refractivity (Wildman–Crippen MR) is 79.6 cm³/mol. The van der Waals surface area contributed by atoms with Crippen LogP contribution in [-0.4, -0.2) is 28.3 Å². The Morgan fingerprint density at radius 1 is 1.60 bits per heavy atom. The average molecular weight is 300 g/mol. The number of amides is 1. The van der Waals surface area contributed by atoms with E-state index in [0.29, 0.717) is 12.1 Å². The van der Waals surface area contributed by atoms with Crippen molar-refractivity contribution in [1.29, 1.82) is 0 Å². The maximum Gasteiger partial charge on any atom is 0.269 e. The molecule has 1 rings (SSSR count). The number of nitro groups is 1. The van der Waals surface area contributed by atoms with Crippen LogP contribution in [-0.2, 0) is 11.3 Å². The van der Waals surface area contributed by atoms with E-state index >= 15 is 0 Å². The lowest BCUT2D eigenvalue weighted by Crippen LogP contribution is -2.41. The third kappa shape index (κ3) is 4.99. The third-order valence-electron chi connectivity index (χ3n) is 2.55. The van der Waals surface area contributed by atoms with Gasteiger partial charge in [0, 0.05) is 25.2 Å². The van der Waals surface area contributed by atoms with Gasteiger partial charge in [-0.3, -0.25) is 14.9 Å². The molecule has 0 bridgehead atoms. The molecule has 7 heteroatoms. The van der Waals surface area contributed by atoms with Gasteiger partial charge in [-0.15, -0.1) is 19.0 Å². The first kappa shape index (κ1) is 18.1. The second kappa shape index (κ2) is 8.29. The second-order valence-corrected chi connectivity index (χ2v) is 4.22. The van der Waals surface area contributed by atoms with Gasteiger partial charge < -0.3 is 10.6 Å². The number of halogens is 1. The van der Waals surface area contributed by atoms with Gasteiger partial charge >= 0.3 is 0 Å². The summed E-state index contributed by atoms with van der Waals surface area (Å²) in [7, 11) is 0. The molecule has 0 aliphatic heterocycles. The van der Waals surface area contributed by atoms with Crippen LogP contribution < -0.4 is 5.73 Å². The van der Waals surface area contributed by atoms with Crippen LogP contribution in [0.5, 0.6) is 0 Å². The summed E-state index contributed by atoms with van der Waals surface area (Å²) in [5.74, 6) is -0.216. The fourth-order valence-electron chi connectivity index (χ4n) is 1.67. The summed E-state index contributed by atoms with van der Waals surface area (Å²) in [6.07, 6.45) is 1.59. The molecule has 0 fully saturated rings. The zero-order valence-electron chi connectivity index (χ0n) is 11.2. The molecular formula is C13H18ClN3O3. The Hall–Kier alpha value is -1.92. The van der Waals surface area contributed by atoms with Crippen LogP contribution in [0.15, 0.2) is 36.9 Å². The number of hydrogen-bond donors (Lipinski definition) is 1. The van der Waals surface area contributed by atoms with Crippen LogP contribution in [0.3, 0.4) is 0 Å². The van der Waals surface area contributed by atoms with Gasteiger partial charge in [0.15, 0.2) is 0 Å². The molecular weight excluding hydrogens is 282 g/mol. The van der Waals surface area contributed by atoms with Crippen molar-refractivity contribution >= 4 is 24.0 Å². The molecule has 1 atom stereocenters. The van der Waals surface area contributed by atoms with Crippen molar-refractivity contribution in [2.45, 2.75) is 19.5 Å². The summed E-state index contributed by atoms with van der Waals surface area (Å²) in [6, 6.07) is 5.57. The molecule has 110 valence electrons. The van der Waals surface area contributed by atoms with E-state index in [1.165, 1.54) is 17.0 Å². The summed E-state index contributed by atoms with van der Waals surface area (Å²) in [4.78, 5) is 23.6. The van der Waals surface area contributed by atoms with Crippen molar-refractivity contribution in [2.24, 2.45) is 5.73 Å². The Labute approximate surface area is 123 Å². The number of rotatable bonds is 6. The molecule has 0 radical (unpaired) electrons. The SMILES string of the molecule is C=CCN(Cc1cccc([N+](=O)[O-])c1)C(=O)[C@@H](C)N.Cl. The molecule has 2 N–H and O–H groups in total. The fraction of sp³-hybridized carbons (Fsp3) is 0.308. The Morgan fingerprint density at radius 3 is 2.75 bits per heavy atom. The van der Waals surface area contributed by atoms with Gasteiger partial charge in [-0.1, -0.05) is 18.2 Å². The van der Waals surface area contributed by atoms with E-state index in [2.05, 4.69) is 6.58 Å². The first-order valence-electron chi connectivity index (χ1n) is 5.84. The predicted octanol–water partition coefficient (Wildman–Crippen LogP) is 1.88. The largest absolute Gasteiger partial charge is 0.333 e. The number of carbonyl (C=O) groups excluding carboxylic acids is 1. The van der Waals surface area contributed by atoms with Gasteiger partial charge in [0.2, 0.25) is 5.91 Å². The number of nitrogens with two attached hydrogens (primary N) is 1. The molecule has 0 aromatic heterocycles. The quantitative estimate of drug-likeness (QED) is 0.493. The minimum Gasteiger partial charge on any atom is -0.333 e. The summed E-state index contributed by atoms with van der Waals surface area (Å²) >= 11 is 0. The summed E-state index contributed by atoms with van der Waals surface area (Å²) < 4.78 is 0. The Kier molecular flexibility index (Phi) is 7.49. The molecule has 1 aromatic rings. The Morgan fingerprint density at radius 2 is 2.25 bits per heavy atom. The number of hydrogen-bond acceptors (Lipinski definition) is 4. The zero-order valence-corrected chi connectivity index (χ0v) is 12.0. The highest BCUT2D eigenvalue weighted by Gasteiger charge is 2.17. The minimum atomic E-state index is -0.612. The first-order valence-corrected chi connectivity index (χ1v) is 5.84. The smallest absolute Gasteiger partial charge is 0.269 e. The van der Waals surface area contributed by atoms with Gasteiger partial charge in [-0.05, 0) is 12.5 Å². The van der Waals surface area contributed by atoms with Crippen LogP contribution in [0.2, 0.25) is 0 Å². The highest BCUT2D eigenvalue weighted by Crippen LogP contribution is 2.15. The summed E-state index contributed by atoms with van der Waals surface area (Å²) in [6.45, 7) is 5.81. The van der Waals surface area contributed by atoms with Crippen molar-refractivity contribution in [3.05, 3.63) is 52.6 Å². The standard InChI is InChI=1S/C13H17N3O3.ClH/c1-3-7-15(13(17)10(2)14)9-11-5-4-6-12(8-11)16(18)19;/h3-6,8,10H,1,7,9,14H2,2H3;1H/t10-;/m1./s1. The number of carbonyl (C=O) groups is 1. The van der Waals surface area contributed by atoms with E-state index in [9.17, 15) is 14.9 Å². The lowest BCUT2D eigenvalue weighted by atomic mass is 10.1. The lowest BCUT2D eigenvalue weighted by Gasteiger charge is -2.23. The number of nitrogens with zero attached hydrogens (tertiary/aromatic N) is 2. The Bertz CT molecular complexity index is 492. The summed E-state index contributed by atoms with van der Waals surface area (Å²) in [5, 5.41) is 10.7. The summed E-state index contributed by atoms with van der Waals surface area (Å²) in [5.41, 5.74) is 6.25. The topological polar surface area (TPSA) is 89.5 Å². The number of nitro benzene ring substituents is 1. The van der Waals surface area contributed by atoms with E-state index < -0.39 is 11.0 Å². The van der Waals surface area contributed by atoms with Crippen molar-refractivity contribution in [2.75, 3.05) is 6.54 Å². The Balaban J connectivity index is 0.00000361. The molecule has 6 nitrogen and oxygen atoms in total. The highest BCUT2D eigenvalue weighted by molar-refractivity contribution is 5.85. The van der Waals surface area contributed by atoms with Gasteiger partial charge in [-0.25, -0.2) is 0 Å². The van der Waals surface area contributed by atoms with Gasteiger partial charge in [0.05, 0.1) is 11.0 Å². The maximum atomic E-state index is 11.9. The normalized spacial score (nSPS) is 11.1. The molecule has 0 aliphatic rings. The van der Waals surface area contributed by atoms with Crippen molar-refractivity contribution < 1.29 is 9.72 Å². The van der Waals surface area contributed by atoms with Crippen LogP contribution in [0.1, 0.15) is 12.5 Å². The fourth-order valence-corrected chi connectivity index (χ4v) is 1.67. The number of benzene rings is 1. The van der Waals surface area contributed by atoms with E-state index in [0.717, 1.165) is 0 Å². The molecule has 0 saturated carbocycles. The zero-order chi connectivity index (χ0) is 14.4. The molecule has 0 spiro atoms. The van der Waals surface area contributed by atoms with Gasteiger partial charge in [0.1, 0.15) is 0 Å². The van der Waals surface area contributed by atoms with E-state index in [4.69, 9.17) is 5.73 Å². The van der Waals surface area contributed by atoms with E-state index in [1.807, 2.05) is 0 Å².